The summed E-state index contributed by atoms with van der Waals surface area (Å²) in [5.74, 6) is -0.550. The van der Waals surface area contributed by atoms with E-state index in [1.54, 1.807) is 6.20 Å². The summed E-state index contributed by atoms with van der Waals surface area (Å²) in [6.45, 7) is 0.671. The zero-order valence-electron chi connectivity index (χ0n) is 10.5. The number of halogens is 2. The first-order valence-corrected chi connectivity index (χ1v) is 6.50. The summed E-state index contributed by atoms with van der Waals surface area (Å²) in [6.07, 6.45) is 3.16. The van der Waals surface area contributed by atoms with Crippen LogP contribution in [0.2, 0.25) is 10.0 Å². The van der Waals surface area contributed by atoms with Crippen LogP contribution in [0.3, 0.4) is 0 Å². The molecule has 0 aliphatic heterocycles. The van der Waals surface area contributed by atoms with Gasteiger partial charge in [-0.1, -0.05) is 28.4 Å². The van der Waals surface area contributed by atoms with Crippen LogP contribution >= 0.6 is 23.2 Å². The minimum Gasteiger partial charge on any atom is -0.350 e. The van der Waals surface area contributed by atoms with Gasteiger partial charge in [-0.2, -0.15) is 0 Å². The molecule has 1 aromatic heterocycles. The third kappa shape index (κ3) is 3.67. The molecular formula is C11H9Cl2N5O3. The van der Waals surface area contributed by atoms with E-state index in [0.717, 1.165) is 12.1 Å². The van der Waals surface area contributed by atoms with E-state index in [0.29, 0.717) is 6.54 Å². The fraction of sp³-hybridized carbons (Fsp3) is 0.182. The molecule has 0 spiro atoms. The van der Waals surface area contributed by atoms with Gasteiger partial charge < -0.3 is 5.32 Å². The summed E-state index contributed by atoms with van der Waals surface area (Å²) in [4.78, 5) is 22.1. The molecule has 0 saturated heterocycles. The average Bonchev–Trinajstić information content (AvgIpc) is 2.94. The molecule has 0 atom stereocenters. The van der Waals surface area contributed by atoms with Crippen molar-refractivity contribution in [3.8, 4) is 0 Å². The predicted octanol–water partition coefficient (Wildman–Crippen LogP) is 1.92. The Hall–Kier alpha value is -2.19. The van der Waals surface area contributed by atoms with Crippen molar-refractivity contribution in [3.63, 3.8) is 0 Å². The quantitative estimate of drug-likeness (QED) is 0.666. The molecule has 1 heterocycles. The van der Waals surface area contributed by atoms with Gasteiger partial charge in [0.25, 0.3) is 11.6 Å². The smallest absolute Gasteiger partial charge is 0.271 e. The molecule has 8 nitrogen and oxygen atoms in total. The molecule has 1 aromatic carbocycles. The van der Waals surface area contributed by atoms with Crippen molar-refractivity contribution in [2.45, 2.75) is 6.54 Å². The Kier molecular flexibility index (Phi) is 4.71. The van der Waals surface area contributed by atoms with Crippen LogP contribution < -0.4 is 5.32 Å². The predicted molar refractivity (Wildman–Crippen MR) is 75.5 cm³/mol. The van der Waals surface area contributed by atoms with E-state index in [9.17, 15) is 14.9 Å². The highest BCUT2D eigenvalue weighted by Crippen LogP contribution is 2.30. The zero-order valence-corrected chi connectivity index (χ0v) is 12.0. The van der Waals surface area contributed by atoms with Gasteiger partial charge >= 0.3 is 0 Å². The van der Waals surface area contributed by atoms with Crippen molar-refractivity contribution in [3.05, 3.63) is 50.2 Å². The summed E-state index contributed by atoms with van der Waals surface area (Å²) in [6, 6.07) is 2.18. The minimum absolute atomic E-state index is 0.0273. The summed E-state index contributed by atoms with van der Waals surface area (Å²) in [5.41, 5.74) is -0.347. The molecular weight excluding hydrogens is 321 g/mol. The number of non-ortho nitro benzene ring substituents is 1. The molecule has 0 aliphatic rings. The Balaban J connectivity index is 2.09. The average molecular weight is 330 g/mol. The normalized spacial score (nSPS) is 10.4. The number of benzene rings is 1. The lowest BCUT2D eigenvalue weighted by atomic mass is 10.2. The van der Waals surface area contributed by atoms with Gasteiger partial charge in [0, 0.05) is 24.9 Å². The maximum Gasteiger partial charge on any atom is 0.271 e. The maximum atomic E-state index is 12.0. The molecule has 0 radical (unpaired) electrons. The van der Waals surface area contributed by atoms with Crippen LogP contribution in [-0.2, 0) is 6.54 Å². The van der Waals surface area contributed by atoms with Crippen LogP contribution in [0.15, 0.2) is 24.5 Å². The largest absolute Gasteiger partial charge is 0.350 e. The number of nitrogens with one attached hydrogen (secondary N) is 1. The molecule has 2 aromatic rings. The first kappa shape index (κ1) is 15.2. The van der Waals surface area contributed by atoms with Crippen LogP contribution in [-0.4, -0.2) is 32.4 Å². The number of hydrogen-bond acceptors (Lipinski definition) is 5. The lowest BCUT2D eigenvalue weighted by Gasteiger charge is -2.07. The summed E-state index contributed by atoms with van der Waals surface area (Å²) in [7, 11) is 0. The van der Waals surface area contributed by atoms with Gasteiger partial charge in [-0.3, -0.25) is 19.6 Å². The second-order valence-electron chi connectivity index (χ2n) is 3.97. The molecule has 110 valence electrons. The van der Waals surface area contributed by atoms with E-state index >= 15 is 0 Å². The third-order valence-corrected chi connectivity index (χ3v) is 3.37. The Bertz CT molecular complexity index is 675. The Morgan fingerprint density at radius 1 is 1.43 bits per heavy atom. The number of nitro groups is 1. The van der Waals surface area contributed by atoms with E-state index in [1.165, 1.54) is 10.9 Å². The second-order valence-corrected chi connectivity index (χ2v) is 4.75. The van der Waals surface area contributed by atoms with Crippen molar-refractivity contribution in [2.24, 2.45) is 0 Å². The monoisotopic (exact) mass is 329 g/mol. The number of carbonyl (C=O) groups excluding carboxylic acids is 1. The zero-order chi connectivity index (χ0) is 15.4. The summed E-state index contributed by atoms with van der Waals surface area (Å²) in [5, 5.41) is 20.6. The summed E-state index contributed by atoms with van der Waals surface area (Å²) >= 11 is 11.7. The molecule has 10 heteroatoms. The second kappa shape index (κ2) is 6.51. The molecule has 0 fully saturated rings. The van der Waals surface area contributed by atoms with Gasteiger partial charge in [-0.05, 0) is 0 Å². The topological polar surface area (TPSA) is 103 Å². The van der Waals surface area contributed by atoms with Crippen LogP contribution in [0.5, 0.6) is 0 Å². The van der Waals surface area contributed by atoms with Gasteiger partial charge in [0.15, 0.2) is 0 Å². The fourth-order valence-electron chi connectivity index (χ4n) is 1.58. The van der Waals surface area contributed by atoms with Gasteiger partial charge in [-0.15, -0.1) is 5.10 Å². The first-order valence-electron chi connectivity index (χ1n) is 5.75. The highest BCUT2D eigenvalue weighted by molar-refractivity contribution is 6.44. The van der Waals surface area contributed by atoms with Gasteiger partial charge in [0.05, 0.1) is 33.3 Å². The van der Waals surface area contributed by atoms with Crippen molar-refractivity contribution in [1.29, 1.82) is 0 Å². The molecule has 0 saturated carbocycles. The van der Waals surface area contributed by atoms with Gasteiger partial charge in [-0.25, -0.2) is 0 Å². The molecule has 0 unspecified atom stereocenters. The van der Waals surface area contributed by atoms with Crippen molar-refractivity contribution < 1.29 is 9.72 Å². The van der Waals surface area contributed by atoms with Crippen LogP contribution in [0.4, 0.5) is 5.69 Å². The minimum atomic E-state index is -0.644. The molecule has 2 rings (SSSR count). The van der Waals surface area contributed by atoms with Gasteiger partial charge in [0.2, 0.25) is 0 Å². The number of carbonyl (C=O) groups is 1. The highest BCUT2D eigenvalue weighted by atomic mass is 35.5. The molecule has 21 heavy (non-hydrogen) atoms. The number of aromatic nitrogens is 3. The maximum absolute atomic E-state index is 12.0. The lowest BCUT2D eigenvalue weighted by Crippen LogP contribution is -2.27. The number of hydrogen-bond donors (Lipinski definition) is 1. The van der Waals surface area contributed by atoms with E-state index < -0.39 is 10.8 Å². The van der Waals surface area contributed by atoms with E-state index in [1.807, 2.05) is 0 Å². The SMILES string of the molecule is O=C(NCCn1ccnn1)c1cc([N+](=O)[O-])cc(Cl)c1Cl. The van der Waals surface area contributed by atoms with Crippen LogP contribution in [0, 0.1) is 10.1 Å². The third-order valence-electron chi connectivity index (χ3n) is 2.57. The van der Waals surface area contributed by atoms with Gasteiger partial charge in [0.1, 0.15) is 0 Å². The standard InChI is InChI=1S/C11H9Cl2N5O3/c12-9-6-7(18(20)21)5-8(10(9)13)11(19)14-1-3-17-4-2-15-16-17/h2,4-6H,1,3H2,(H,14,19). The number of rotatable bonds is 5. The van der Waals surface area contributed by atoms with Crippen molar-refractivity contribution in [1.82, 2.24) is 20.3 Å². The van der Waals surface area contributed by atoms with Crippen molar-refractivity contribution >= 4 is 34.8 Å². The van der Waals surface area contributed by atoms with Crippen LogP contribution in [0.25, 0.3) is 0 Å². The molecule has 0 bridgehead atoms. The fourth-order valence-corrected chi connectivity index (χ4v) is 1.99. The van der Waals surface area contributed by atoms with Crippen molar-refractivity contribution in [2.75, 3.05) is 6.54 Å². The first-order chi connectivity index (χ1) is 9.99. The van der Waals surface area contributed by atoms with Crippen LogP contribution in [0.1, 0.15) is 10.4 Å². The molecule has 1 amide bonds. The Labute approximate surface area is 128 Å². The van der Waals surface area contributed by atoms with E-state index in [4.69, 9.17) is 23.2 Å². The lowest BCUT2D eigenvalue weighted by molar-refractivity contribution is -0.384. The van der Waals surface area contributed by atoms with E-state index in [-0.39, 0.29) is 27.8 Å². The number of nitrogens with zero attached hydrogens (tertiary/aromatic N) is 4. The molecule has 1 N–H and O–H groups in total. The Morgan fingerprint density at radius 3 is 2.81 bits per heavy atom. The van der Waals surface area contributed by atoms with E-state index in [2.05, 4.69) is 15.6 Å². The number of amides is 1. The molecule has 0 aliphatic carbocycles. The Morgan fingerprint density at radius 2 is 2.19 bits per heavy atom. The summed E-state index contributed by atoms with van der Waals surface area (Å²) < 4.78 is 1.53. The number of nitro benzene ring substituents is 1. The highest BCUT2D eigenvalue weighted by Gasteiger charge is 2.19.